The summed E-state index contributed by atoms with van der Waals surface area (Å²) >= 11 is 0. The maximum Gasteiger partial charge on any atom is 0.243 e. The molecule has 0 radical (unpaired) electrons. The Balaban J connectivity index is 1.69. The minimum atomic E-state index is -3.77. The Labute approximate surface area is 209 Å². The first-order chi connectivity index (χ1) is 17.3. The molecule has 2 heterocycles. The average Bonchev–Trinajstić information content (AvgIpc) is 2.92. The topological polar surface area (TPSA) is 136 Å². The third-order valence-electron chi connectivity index (χ3n) is 7.14. The molecule has 0 unspecified atom stereocenters. The Hall–Kier alpha value is -2.64. The molecule has 2 N–H and O–H groups in total. The highest BCUT2D eigenvalue weighted by molar-refractivity contribution is 7.89. The van der Waals surface area contributed by atoms with Gasteiger partial charge >= 0.3 is 0 Å². The van der Waals surface area contributed by atoms with E-state index in [1.165, 1.54) is 45.0 Å². The first-order valence-corrected chi connectivity index (χ1v) is 14.9. The van der Waals surface area contributed by atoms with Crippen LogP contribution in [-0.4, -0.2) is 56.8 Å². The highest BCUT2D eigenvalue weighted by atomic mass is 32.2. The number of fused-ring (bicyclic) bond motifs is 2. The van der Waals surface area contributed by atoms with Crippen LogP contribution in [0.4, 0.5) is 11.4 Å². The molecule has 36 heavy (non-hydrogen) atoms. The van der Waals surface area contributed by atoms with Crippen LogP contribution in [0.1, 0.15) is 38.5 Å². The van der Waals surface area contributed by atoms with Crippen molar-refractivity contribution in [2.75, 3.05) is 31.7 Å². The molecule has 10 nitrogen and oxygen atoms in total. The molecule has 0 atom stereocenters. The maximum atomic E-state index is 13.2. The Bertz CT molecular complexity index is 1540. The van der Waals surface area contributed by atoms with Crippen LogP contribution in [0.15, 0.2) is 51.4 Å². The molecule has 2 aliphatic rings. The summed E-state index contributed by atoms with van der Waals surface area (Å²) in [6, 6.07) is 8.66. The molecule has 0 spiro atoms. The van der Waals surface area contributed by atoms with E-state index in [-0.39, 0.29) is 26.6 Å². The molecule has 0 bridgehead atoms. The van der Waals surface area contributed by atoms with Crippen LogP contribution in [0, 0.1) is 4.91 Å². The van der Waals surface area contributed by atoms with Crippen molar-refractivity contribution >= 4 is 53.0 Å². The molecule has 2 saturated heterocycles. The van der Waals surface area contributed by atoms with Crippen molar-refractivity contribution in [1.82, 2.24) is 8.61 Å². The number of nitroso groups, excluding NO2 is 1. The normalized spacial score (nSPS) is 18.5. The zero-order valence-electron chi connectivity index (χ0n) is 19.7. The lowest BCUT2D eigenvalue weighted by atomic mass is 9.99. The molecular weight excluding hydrogens is 504 g/mol. The van der Waals surface area contributed by atoms with Gasteiger partial charge in [0.1, 0.15) is 5.69 Å². The van der Waals surface area contributed by atoms with Crippen LogP contribution in [-0.2, 0) is 20.0 Å². The number of rotatable bonds is 6. The van der Waals surface area contributed by atoms with Crippen molar-refractivity contribution in [1.29, 1.82) is 0 Å². The van der Waals surface area contributed by atoms with Crippen molar-refractivity contribution in [3.05, 3.63) is 41.3 Å². The molecular formula is C24H28N4O6S2. The number of benzene rings is 3. The Morgan fingerprint density at radius 1 is 0.667 bits per heavy atom. The second-order valence-corrected chi connectivity index (χ2v) is 13.1. The molecule has 12 heteroatoms. The van der Waals surface area contributed by atoms with Gasteiger partial charge in [0.2, 0.25) is 20.0 Å². The molecule has 5 rings (SSSR count). The first-order valence-electron chi connectivity index (χ1n) is 12.1. The van der Waals surface area contributed by atoms with Gasteiger partial charge in [-0.15, -0.1) is 4.91 Å². The number of hydrogen-bond donors (Lipinski definition) is 2. The Morgan fingerprint density at radius 3 is 1.61 bits per heavy atom. The van der Waals surface area contributed by atoms with E-state index < -0.39 is 20.0 Å². The number of piperidine rings is 2. The Kier molecular flexibility index (Phi) is 6.72. The third kappa shape index (κ3) is 4.16. The summed E-state index contributed by atoms with van der Waals surface area (Å²) < 4.78 is 55.8. The van der Waals surface area contributed by atoms with Crippen LogP contribution in [0.25, 0.3) is 21.5 Å². The minimum Gasteiger partial charge on any atom is -0.291 e. The molecule has 0 aromatic heterocycles. The fourth-order valence-electron chi connectivity index (χ4n) is 5.21. The molecule has 0 saturated carbocycles. The van der Waals surface area contributed by atoms with Gasteiger partial charge in [0.05, 0.1) is 15.5 Å². The maximum absolute atomic E-state index is 13.2. The van der Waals surface area contributed by atoms with E-state index in [1.807, 2.05) is 0 Å². The molecule has 0 aliphatic carbocycles. The predicted octanol–water partition coefficient (Wildman–Crippen LogP) is 4.54. The molecule has 2 fully saturated rings. The average molecular weight is 533 g/mol. The Morgan fingerprint density at radius 2 is 1.14 bits per heavy atom. The number of nitrogens with zero attached hydrogens (tertiary/aromatic N) is 3. The predicted molar refractivity (Wildman–Crippen MR) is 138 cm³/mol. The van der Waals surface area contributed by atoms with E-state index in [9.17, 15) is 26.9 Å². The molecule has 2 aliphatic heterocycles. The van der Waals surface area contributed by atoms with Crippen molar-refractivity contribution in [2.24, 2.45) is 5.18 Å². The summed E-state index contributed by atoms with van der Waals surface area (Å²) in [4.78, 5) is 12.1. The van der Waals surface area contributed by atoms with E-state index in [0.29, 0.717) is 42.3 Å². The van der Waals surface area contributed by atoms with Gasteiger partial charge in [0.25, 0.3) is 0 Å². The van der Waals surface area contributed by atoms with E-state index in [4.69, 9.17) is 0 Å². The zero-order valence-corrected chi connectivity index (χ0v) is 21.3. The lowest BCUT2D eigenvalue weighted by molar-refractivity contribution is 0.346. The fraction of sp³-hybridized carbons (Fsp3) is 0.417. The van der Waals surface area contributed by atoms with E-state index in [2.05, 4.69) is 10.7 Å². The van der Waals surface area contributed by atoms with Gasteiger partial charge in [-0.2, -0.15) is 8.61 Å². The van der Waals surface area contributed by atoms with Crippen molar-refractivity contribution < 1.29 is 22.0 Å². The summed E-state index contributed by atoms with van der Waals surface area (Å²) in [6.45, 7) is 1.76. The summed E-state index contributed by atoms with van der Waals surface area (Å²) in [6.07, 6.45) is 5.14. The molecule has 192 valence electrons. The van der Waals surface area contributed by atoms with E-state index in [1.54, 1.807) is 0 Å². The summed E-state index contributed by atoms with van der Waals surface area (Å²) in [5.41, 5.74) is 2.29. The lowest BCUT2D eigenvalue weighted by Gasteiger charge is -2.26. The van der Waals surface area contributed by atoms with Crippen LogP contribution in [0.5, 0.6) is 0 Å². The minimum absolute atomic E-state index is 0.0170. The number of hydrogen-bond acceptors (Lipinski definition) is 8. The highest BCUT2D eigenvalue weighted by Gasteiger charge is 2.29. The number of anilines is 1. The summed E-state index contributed by atoms with van der Waals surface area (Å²) in [5, 5.41) is 14.4. The van der Waals surface area contributed by atoms with E-state index in [0.717, 1.165) is 38.5 Å². The summed E-state index contributed by atoms with van der Waals surface area (Å²) in [7, 11) is -7.53. The molecule has 3 aromatic rings. The number of sulfonamides is 2. The standard InChI is InChI=1S/C24H28N4O6S2/c29-25-23-20-10-8-18(36(33,34)28-13-5-2-6-14-28)16-22(20)24(26-30)19-9-7-17(15-21(19)23)35(31,32)27-11-3-1-4-12-27/h7-10,15-16,25,29H,1-6,11-14H2. The third-order valence-corrected chi connectivity index (χ3v) is 10.9. The second-order valence-electron chi connectivity index (χ2n) is 9.27. The largest absolute Gasteiger partial charge is 0.291 e. The van der Waals surface area contributed by atoms with Crippen LogP contribution >= 0.6 is 0 Å². The van der Waals surface area contributed by atoms with Crippen LogP contribution < -0.4 is 5.48 Å². The van der Waals surface area contributed by atoms with Gasteiger partial charge in [-0.3, -0.25) is 10.7 Å². The van der Waals surface area contributed by atoms with E-state index >= 15 is 0 Å². The van der Waals surface area contributed by atoms with Gasteiger partial charge < -0.3 is 0 Å². The summed E-state index contributed by atoms with van der Waals surface area (Å²) in [5.74, 6) is 0. The molecule has 3 aromatic carbocycles. The SMILES string of the molecule is O=Nc1c2cc(S(=O)(=O)N3CCCCC3)ccc2c(NO)c2cc(S(=O)(=O)N3CCCCC3)ccc12. The number of nitrogens with one attached hydrogen (secondary N) is 1. The van der Waals surface area contributed by atoms with Crippen LogP contribution in [0.3, 0.4) is 0 Å². The van der Waals surface area contributed by atoms with Gasteiger partial charge in [-0.05, 0) is 55.1 Å². The zero-order chi connectivity index (χ0) is 25.5. The van der Waals surface area contributed by atoms with Crippen molar-refractivity contribution in [3.8, 4) is 0 Å². The monoisotopic (exact) mass is 532 g/mol. The van der Waals surface area contributed by atoms with Gasteiger partial charge in [-0.25, -0.2) is 16.8 Å². The second kappa shape index (κ2) is 9.67. The van der Waals surface area contributed by atoms with Gasteiger partial charge in [0.15, 0.2) is 0 Å². The van der Waals surface area contributed by atoms with Crippen molar-refractivity contribution in [2.45, 2.75) is 48.3 Å². The smallest absolute Gasteiger partial charge is 0.243 e. The quantitative estimate of drug-likeness (QED) is 0.270. The first kappa shape index (κ1) is 25.0. The fourth-order valence-corrected chi connectivity index (χ4v) is 8.30. The van der Waals surface area contributed by atoms with Gasteiger partial charge in [-0.1, -0.05) is 25.0 Å². The van der Waals surface area contributed by atoms with Crippen LogP contribution in [0.2, 0.25) is 0 Å². The van der Waals surface area contributed by atoms with Crippen molar-refractivity contribution in [3.63, 3.8) is 0 Å². The molecule has 0 amide bonds. The lowest BCUT2D eigenvalue weighted by Crippen LogP contribution is -2.35. The van der Waals surface area contributed by atoms with Gasteiger partial charge in [0, 0.05) is 47.7 Å². The highest BCUT2D eigenvalue weighted by Crippen LogP contribution is 2.43.